The Bertz CT molecular complexity index is 220. The van der Waals surface area contributed by atoms with Gasteiger partial charge < -0.3 is 15.5 Å². The first-order valence-electron chi connectivity index (χ1n) is 5.93. The van der Waals surface area contributed by atoms with Gasteiger partial charge in [-0.1, -0.05) is 0 Å². The van der Waals surface area contributed by atoms with Crippen LogP contribution in [0.5, 0.6) is 0 Å². The number of nitrogens with one attached hydrogen (secondary N) is 2. The lowest BCUT2D eigenvalue weighted by molar-refractivity contribution is -0.120. The summed E-state index contributed by atoms with van der Waals surface area (Å²) in [6, 6.07) is 0. The van der Waals surface area contributed by atoms with E-state index in [9.17, 15) is 4.79 Å². The van der Waals surface area contributed by atoms with Gasteiger partial charge in [0.15, 0.2) is 0 Å². The molecule has 0 unspecified atom stereocenters. The summed E-state index contributed by atoms with van der Waals surface area (Å²) in [5.41, 5.74) is 0. The third-order valence-corrected chi connectivity index (χ3v) is 3.62. The van der Waals surface area contributed by atoms with E-state index in [4.69, 9.17) is 0 Å². The Balaban J connectivity index is 1.63. The zero-order valence-corrected chi connectivity index (χ0v) is 9.46. The van der Waals surface area contributed by atoms with Crippen LogP contribution in [0.2, 0.25) is 0 Å². The van der Waals surface area contributed by atoms with E-state index < -0.39 is 0 Å². The molecule has 0 aromatic heterocycles. The molecule has 0 aliphatic carbocycles. The minimum Gasteiger partial charge on any atom is -0.359 e. The Hall–Kier alpha value is -0.610. The highest BCUT2D eigenvalue weighted by Gasteiger charge is 2.35. The largest absolute Gasteiger partial charge is 0.359 e. The monoisotopic (exact) mass is 211 g/mol. The van der Waals surface area contributed by atoms with Crippen molar-refractivity contribution in [1.29, 1.82) is 0 Å². The summed E-state index contributed by atoms with van der Waals surface area (Å²) in [6.45, 7) is 5.92. The number of carbonyl (C=O) groups excluding carboxylic acids is 1. The number of likely N-dealkylation sites (tertiary alicyclic amines) is 1. The van der Waals surface area contributed by atoms with Gasteiger partial charge in [0, 0.05) is 26.6 Å². The van der Waals surface area contributed by atoms with Crippen molar-refractivity contribution in [3.63, 3.8) is 0 Å². The maximum absolute atomic E-state index is 11.0. The quantitative estimate of drug-likeness (QED) is 0.669. The summed E-state index contributed by atoms with van der Waals surface area (Å²) in [5, 5.41) is 6.10. The Morgan fingerprint density at radius 2 is 2.07 bits per heavy atom. The first-order valence-corrected chi connectivity index (χ1v) is 5.93. The predicted octanol–water partition coefficient (Wildman–Crippen LogP) is -0.336. The van der Waals surface area contributed by atoms with Crippen LogP contribution in [0.3, 0.4) is 0 Å². The van der Waals surface area contributed by atoms with Crippen molar-refractivity contribution in [1.82, 2.24) is 15.5 Å². The van der Waals surface area contributed by atoms with E-state index in [0.717, 1.165) is 24.8 Å². The average molecular weight is 211 g/mol. The molecule has 2 aliphatic heterocycles. The molecule has 1 amide bonds. The lowest BCUT2D eigenvalue weighted by atomic mass is 10.0. The van der Waals surface area contributed by atoms with Gasteiger partial charge in [-0.3, -0.25) is 4.79 Å². The van der Waals surface area contributed by atoms with Gasteiger partial charge in [0.25, 0.3) is 0 Å². The molecule has 2 rings (SSSR count). The fraction of sp³-hybridized carbons (Fsp3) is 0.909. The van der Waals surface area contributed by atoms with Crippen LogP contribution in [0.25, 0.3) is 0 Å². The minimum atomic E-state index is 0.163. The van der Waals surface area contributed by atoms with E-state index in [-0.39, 0.29) is 5.91 Å². The maximum atomic E-state index is 11.0. The van der Waals surface area contributed by atoms with Gasteiger partial charge in [0.1, 0.15) is 0 Å². The smallest absolute Gasteiger partial charge is 0.219 e. The molecule has 0 radical (unpaired) electrons. The van der Waals surface area contributed by atoms with Crippen LogP contribution >= 0.6 is 0 Å². The molecule has 0 bridgehead atoms. The third-order valence-electron chi connectivity index (χ3n) is 3.62. The number of nitrogens with zero attached hydrogens (tertiary/aromatic N) is 1. The standard InChI is InChI=1S/C11H21N3O/c1-12-11(15)3-2-4-14-7-9-5-13-6-10(9)8-14/h9-10,13H,2-8H2,1H3,(H,12,15)/t9-,10+. The van der Waals surface area contributed by atoms with Gasteiger partial charge in [0.05, 0.1) is 0 Å². The summed E-state index contributed by atoms with van der Waals surface area (Å²) in [5.74, 6) is 1.89. The molecule has 2 heterocycles. The summed E-state index contributed by atoms with van der Waals surface area (Å²) in [4.78, 5) is 13.6. The second-order valence-electron chi connectivity index (χ2n) is 4.71. The Kier molecular flexibility index (Phi) is 3.59. The van der Waals surface area contributed by atoms with E-state index in [1.54, 1.807) is 7.05 Å². The van der Waals surface area contributed by atoms with E-state index in [0.29, 0.717) is 6.42 Å². The topological polar surface area (TPSA) is 44.4 Å². The van der Waals surface area contributed by atoms with E-state index in [1.807, 2.05) is 0 Å². The number of carbonyl (C=O) groups is 1. The molecule has 15 heavy (non-hydrogen) atoms. The summed E-state index contributed by atoms with van der Waals surface area (Å²) >= 11 is 0. The molecule has 4 heteroatoms. The molecule has 2 aliphatic rings. The van der Waals surface area contributed by atoms with Crippen LogP contribution in [0, 0.1) is 11.8 Å². The molecule has 2 fully saturated rings. The lowest BCUT2D eigenvalue weighted by Crippen LogP contribution is -2.28. The highest BCUT2D eigenvalue weighted by molar-refractivity contribution is 5.75. The molecular weight excluding hydrogens is 190 g/mol. The lowest BCUT2D eigenvalue weighted by Gasteiger charge is -2.16. The third kappa shape index (κ3) is 2.69. The minimum absolute atomic E-state index is 0.163. The van der Waals surface area contributed by atoms with Gasteiger partial charge in [-0.2, -0.15) is 0 Å². The van der Waals surface area contributed by atoms with Crippen LogP contribution in [-0.2, 0) is 4.79 Å². The van der Waals surface area contributed by atoms with Crippen molar-refractivity contribution in [2.45, 2.75) is 12.8 Å². The maximum Gasteiger partial charge on any atom is 0.219 e. The summed E-state index contributed by atoms with van der Waals surface area (Å²) in [7, 11) is 1.70. The van der Waals surface area contributed by atoms with Crippen LogP contribution < -0.4 is 10.6 Å². The molecule has 2 N–H and O–H groups in total. The van der Waals surface area contributed by atoms with E-state index >= 15 is 0 Å². The second kappa shape index (κ2) is 4.94. The van der Waals surface area contributed by atoms with Crippen LogP contribution in [0.1, 0.15) is 12.8 Å². The van der Waals surface area contributed by atoms with E-state index in [2.05, 4.69) is 15.5 Å². The Morgan fingerprint density at radius 1 is 1.40 bits per heavy atom. The molecular formula is C11H21N3O. The number of amides is 1. The van der Waals surface area contributed by atoms with Crippen molar-refractivity contribution in [2.75, 3.05) is 39.8 Å². The molecule has 0 saturated carbocycles. The highest BCUT2D eigenvalue weighted by Crippen LogP contribution is 2.26. The van der Waals surface area contributed by atoms with Gasteiger partial charge >= 0.3 is 0 Å². The molecule has 2 saturated heterocycles. The van der Waals surface area contributed by atoms with E-state index in [1.165, 1.54) is 26.2 Å². The fourth-order valence-electron chi connectivity index (χ4n) is 2.72. The molecule has 0 aromatic rings. The zero-order valence-electron chi connectivity index (χ0n) is 9.46. The predicted molar refractivity (Wildman–Crippen MR) is 59.6 cm³/mol. The molecule has 2 atom stereocenters. The van der Waals surface area contributed by atoms with Crippen LogP contribution in [-0.4, -0.2) is 50.6 Å². The van der Waals surface area contributed by atoms with Gasteiger partial charge in [0.2, 0.25) is 5.91 Å². The van der Waals surface area contributed by atoms with Crippen LogP contribution in [0.15, 0.2) is 0 Å². The van der Waals surface area contributed by atoms with Gasteiger partial charge in [-0.25, -0.2) is 0 Å². The number of hydrogen-bond donors (Lipinski definition) is 2. The first kappa shape index (κ1) is 10.9. The van der Waals surface area contributed by atoms with Crippen molar-refractivity contribution in [2.24, 2.45) is 11.8 Å². The van der Waals surface area contributed by atoms with Crippen molar-refractivity contribution < 1.29 is 4.79 Å². The molecule has 4 nitrogen and oxygen atoms in total. The van der Waals surface area contributed by atoms with Crippen molar-refractivity contribution >= 4 is 5.91 Å². The fourth-order valence-corrected chi connectivity index (χ4v) is 2.72. The normalized spacial score (nSPS) is 30.5. The Morgan fingerprint density at radius 3 is 2.67 bits per heavy atom. The SMILES string of the molecule is CNC(=O)CCCN1C[C@H]2CNC[C@H]2C1. The molecule has 0 aromatic carbocycles. The summed E-state index contributed by atoms with van der Waals surface area (Å²) in [6.07, 6.45) is 1.66. The average Bonchev–Trinajstić information content (AvgIpc) is 2.77. The zero-order chi connectivity index (χ0) is 10.7. The van der Waals surface area contributed by atoms with Crippen LogP contribution in [0.4, 0.5) is 0 Å². The molecule has 86 valence electrons. The van der Waals surface area contributed by atoms with Gasteiger partial charge in [-0.15, -0.1) is 0 Å². The van der Waals surface area contributed by atoms with Crippen molar-refractivity contribution in [3.05, 3.63) is 0 Å². The Labute approximate surface area is 91.4 Å². The second-order valence-corrected chi connectivity index (χ2v) is 4.71. The van der Waals surface area contributed by atoms with Crippen molar-refractivity contribution in [3.8, 4) is 0 Å². The van der Waals surface area contributed by atoms with Gasteiger partial charge in [-0.05, 0) is 37.9 Å². The molecule has 0 spiro atoms. The highest BCUT2D eigenvalue weighted by atomic mass is 16.1. The number of fused-ring (bicyclic) bond motifs is 1. The summed E-state index contributed by atoms with van der Waals surface area (Å²) < 4.78 is 0. The number of rotatable bonds is 4. The number of hydrogen-bond acceptors (Lipinski definition) is 3. The first-order chi connectivity index (χ1) is 7.29.